The third-order valence-electron chi connectivity index (χ3n) is 4.46. The molecule has 0 bridgehead atoms. The molecule has 1 aromatic rings. The summed E-state index contributed by atoms with van der Waals surface area (Å²) in [5, 5.41) is 2.80. The highest BCUT2D eigenvalue weighted by Crippen LogP contribution is 2.29. The average Bonchev–Trinajstić information content (AvgIpc) is 3.26. The number of carbonyl (C=O) groups is 1. The van der Waals surface area contributed by atoms with E-state index in [4.69, 9.17) is 0 Å². The Labute approximate surface area is 125 Å². The Bertz CT molecular complexity index is 519. The number of alkyl halides is 1. The first-order valence-electron chi connectivity index (χ1n) is 7.83. The summed E-state index contributed by atoms with van der Waals surface area (Å²) in [6.07, 6.45) is 2.61. The van der Waals surface area contributed by atoms with Crippen molar-refractivity contribution in [2.24, 2.45) is 0 Å². The van der Waals surface area contributed by atoms with Crippen LogP contribution in [0, 0.1) is 6.92 Å². The van der Waals surface area contributed by atoms with Gasteiger partial charge in [-0.1, -0.05) is 29.8 Å². The Morgan fingerprint density at radius 3 is 2.71 bits per heavy atom. The lowest BCUT2D eigenvalue weighted by Crippen LogP contribution is -2.51. The van der Waals surface area contributed by atoms with Crippen molar-refractivity contribution in [3.05, 3.63) is 35.4 Å². The van der Waals surface area contributed by atoms with E-state index in [2.05, 4.69) is 41.4 Å². The monoisotopic (exact) mass is 290 g/mol. The van der Waals surface area contributed by atoms with Gasteiger partial charge >= 0.3 is 0 Å². The lowest BCUT2D eigenvalue weighted by atomic mass is 9.92. The second-order valence-electron chi connectivity index (χ2n) is 6.48. The van der Waals surface area contributed by atoms with Crippen molar-refractivity contribution in [3.8, 4) is 0 Å². The summed E-state index contributed by atoms with van der Waals surface area (Å²) in [7, 11) is 0. The van der Waals surface area contributed by atoms with Gasteiger partial charge in [-0.2, -0.15) is 0 Å². The van der Waals surface area contributed by atoms with Gasteiger partial charge in [-0.15, -0.1) is 0 Å². The summed E-state index contributed by atoms with van der Waals surface area (Å²) in [5.74, 6) is -0.389. The highest BCUT2D eigenvalue weighted by Gasteiger charge is 2.43. The number of amides is 1. The Kier molecular flexibility index (Phi) is 3.98. The zero-order valence-electron chi connectivity index (χ0n) is 12.6. The van der Waals surface area contributed by atoms with Crippen molar-refractivity contribution in [2.45, 2.75) is 50.9 Å². The molecule has 1 saturated carbocycles. The lowest BCUT2D eigenvalue weighted by Gasteiger charge is -2.35. The van der Waals surface area contributed by atoms with Crippen LogP contribution >= 0.6 is 0 Å². The van der Waals surface area contributed by atoms with Gasteiger partial charge in [-0.3, -0.25) is 9.69 Å². The molecule has 1 aliphatic heterocycles. The van der Waals surface area contributed by atoms with E-state index in [0.717, 1.165) is 19.4 Å². The first-order valence-corrected chi connectivity index (χ1v) is 7.83. The van der Waals surface area contributed by atoms with E-state index < -0.39 is 5.67 Å². The van der Waals surface area contributed by atoms with Crippen LogP contribution in [0.4, 0.5) is 4.39 Å². The third-order valence-corrected chi connectivity index (χ3v) is 4.46. The normalized spacial score (nSPS) is 22.0. The number of carbonyl (C=O) groups excluding carboxylic acids is 1. The SMILES string of the molecule is Cc1cccc(CN2CCC(F)(C(=O)NC3CC3)CC2)c1. The molecular weight excluding hydrogens is 267 g/mol. The number of benzene rings is 1. The first kappa shape index (κ1) is 14.5. The number of likely N-dealkylation sites (tertiary alicyclic amines) is 1. The topological polar surface area (TPSA) is 32.3 Å². The molecular formula is C17H23FN2O. The second-order valence-corrected chi connectivity index (χ2v) is 6.48. The standard InChI is InChI=1S/C17H23FN2O/c1-13-3-2-4-14(11-13)12-20-9-7-17(18,8-10-20)16(21)19-15-5-6-15/h2-4,11,15H,5-10,12H2,1H3,(H,19,21). The Morgan fingerprint density at radius 2 is 2.10 bits per heavy atom. The summed E-state index contributed by atoms with van der Waals surface area (Å²) < 4.78 is 14.7. The maximum Gasteiger partial charge on any atom is 0.257 e. The summed E-state index contributed by atoms with van der Waals surface area (Å²) in [6, 6.07) is 8.63. The molecule has 1 aliphatic carbocycles. The fourth-order valence-corrected chi connectivity index (χ4v) is 2.90. The van der Waals surface area contributed by atoms with Crippen LogP contribution in [-0.2, 0) is 11.3 Å². The number of hydrogen-bond donors (Lipinski definition) is 1. The largest absolute Gasteiger partial charge is 0.351 e. The number of nitrogens with one attached hydrogen (secondary N) is 1. The number of aryl methyl sites for hydroxylation is 1. The van der Waals surface area contributed by atoms with Crippen LogP contribution in [0.3, 0.4) is 0 Å². The first-order chi connectivity index (χ1) is 10.0. The van der Waals surface area contributed by atoms with Crippen molar-refractivity contribution >= 4 is 5.91 Å². The Morgan fingerprint density at radius 1 is 1.38 bits per heavy atom. The molecule has 21 heavy (non-hydrogen) atoms. The second kappa shape index (κ2) is 5.76. The van der Waals surface area contributed by atoms with Crippen LogP contribution in [0.15, 0.2) is 24.3 Å². The van der Waals surface area contributed by atoms with Crippen LogP contribution in [-0.4, -0.2) is 35.6 Å². The molecule has 114 valence electrons. The third kappa shape index (κ3) is 3.62. The molecule has 2 aliphatic rings. The minimum Gasteiger partial charge on any atom is -0.351 e. The smallest absolute Gasteiger partial charge is 0.257 e. The molecule has 4 heteroatoms. The molecule has 1 heterocycles. The van der Waals surface area contributed by atoms with E-state index in [0.29, 0.717) is 25.9 Å². The van der Waals surface area contributed by atoms with Crippen molar-refractivity contribution in [2.75, 3.05) is 13.1 Å². The van der Waals surface area contributed by atoms with Crippen molar-refractivity contribution in [1.82, 2.24) is 10.2 Å². The molecule has 0 spiro atoms. The van der Waals surface area contributed by atoms with Crippen molar-refractivity contribution in [1.29, 1.82) is 0 Å². The summed E-state index contributed by atoms with van der Waals surface area (Å²) in [6.45, 7) is 4.20. The van der Waals surface area contributed by atoms with E-state index in [1.165, 1.54) is 11.1 Å². The van der Waals surface area contributed by atoms with Crippen molar-refractivity contribution < 1.29 is 9.18 Å². The fraction of sp³-hybridized carbons (Fsp3) is 0.588. The molecule has 1 N–H and O–H groups in total. The van der Waals surface area contributed by atoms with Gasteiger partial charge in [-0.25, -0.2) is 4.39 Å². The molecule has 3 nitrogen and oxygen atoms in total. The molecule has 1 amide bonds. The highest BCUT2D eigenvalue weighted by molar-refractivity contribution is 5.85. The molecule has 0 aromatic heterocycles. The van der Waals surface area contributed by atoms with E-state index in [1.54, 1.807) is 0 Å². The summed E-state index contributed by atoms with van der Waals surface area (Å²) >= 11 is 0. The van der Waals surface area contributed by atoms with Crippen LogP contribution in [0.1, 0.15) is 36.8 Å². The van der Waals surface area contributed by atoms with E-state index >= 15 is 0 Å². The highest BCUT2D eigenvalue weighted by atomic mass is 19.1. The number of nitrogens with zero attached hydrogens (tertiary/aromatic N) is 1. The molecule has 3 rings (SSSR count). The Balaban J connectivity index is 1.53. The quantitative estimate of drug-likeness (QED) is 0.924. The van der Waals surface area contributed by atoms with Gasteiger partial charge in [0.25, 0.3) is 5.91 Å². The minimum atomic E-state index is -1.66. The molecule has 0 unspecified atom stereocenters. The van der Waals surface area contributed by atoms with Crippen LogP contribution in [0.5, 0.6) is 0 Å². The molecule has 0 atom stereocenters. The van der Waals surface area contributed by atoms with Crippen LogP contribution in [0.25, 0.3) is 0 Å². The maximum atomic E-state index is 14.7. The van der Waals surface area contributed by atoms with E-state index in [1.807, 2.05) is 0 Å². The zero-order chi connectivity index (χ0) is 14.9. The minimum absolute atomic E-state index is 0.232. The summed E-state index contributed by atoms with van der Waals surface area (Å²) in [5.41, 5.74) is 0.836. The predicted octanol–water partition coefficient (Wildman–Crippen LogP) is 2.58. The lowest BCUT2D eigenvalue weighted by molar-refractivity contribution is -0.136. The molecule has 0 radical (unpaired) electrons. The van der Waals surface area contributed by atoms with Crippen LogP contribution in [0.2, 0.25) is 0 Å². The number of rotatable bonds is 4. The van der Waals surface area contributed by atoms with Gasteiger partial charge < -0.3 is 5.32 Å². The number of hydrogen-bond acceptors (Lipinski definition) is 2. The maximum absolute atomic E-state index is 14.7. The van der Waals surface area contributed by atoms with Gasteiger partial charge in [0.2, 0.25) is 0 Å². The van der Waals surface area contributed by atoms with Gasteiger partial charge in [0.15, 0.2) is 5.67 Å². The van der Waals surface area contributed by atoms with E-state index in [-0.39, 0.29) is 11.9 Å². The predicted molar refractivity (Wildman–Crippen MR) is 80.7 cm³/mol. The molecule has 2 fully saturated rings. The van der Waals surface area contributed by atoms with Crippen molar-refractivity contribution in [3.63, 3.8) is 0 Å². The van der Waals surface area contributed by atoms with E-state index in [9.17, 15) is 9.18 Å². The molecule has 1 aromatic carbocycles. The zero-order valence-corrected chi connectivity index (χ0v) is 12.6. The van der Waals surface area contributed by atoms with Gasteiger partial charge in [0.1, 0.15) is 0 Å². The number of piperidine rings is 1. The average molecular weight is 290 g/mol. The van der Waals surface area contributed by atoms with Gasteiger partial charge in [0, 0.05) is 38.5 Å². The fourth-order valence-electron chi connectivity index (χ4n) is 2.90. The Hall–Kier alpha value is -1.42. The van der Waals surface area contributed by atoms with Gasteiger partial charge in [-0.05, 0) is 25.3 Å². The number of halogens is 1. The molecule has 1 saturated heterocycles. The van der Waals surface area contributed by atoms with Gasteiger partial charge in [0.05, 0.1) is 0 Å². The van der Waals surface area contributed by atoms with Crippen LogP contribution < -0.4 is 5.32 Å². The summed E-state index contributed by atoms with van der Waals surface area (Å²) in [4.78, 5) is 14.2.